The van der Waals surface area contributed by atoms with E-state index in [1.165, 1.54) is 18.4 Å². The summed E-state index contributed by atoms with van der Waals surface area (Å²) in [5.74, 6) is 0.513. The van der Waals surface area contributed by atoms with Gasteiger partial charge >= 0.3 is 5.97 Å². The molecule has 4 heteroatoms. The number of fused-ring (bicyclic) bond motifs is 1. The summed E-state index contributed by atoms with van der Waals surface area (Å²) < 4.78 is 5.24. The molecule has 0 unspecified atom stereocenters. The Balaban J connectivity index is 1.61. The monoisotopic (exact) mass is 354 g/mol. The fourth-order valence-electron chi connectivity index (χ4n) is 3.83. The highest BCUT2D eigenvalue weighted by Crippen LogP contribution is 2.23. The summed E-state index contributed by atoms with van der Waals surface area (Å²) >= 11 is 0. The van der Waals surface area contributed by atoms with Crippen molar-refractivity contribution in [1.82, 2.24) is 5.32 Å². The molecule has 3 rings (SSSR count). The summed E-state index contributed by atoms with van der Waals surface area (Å²) in [6.07, 6.45) is 5.68. The van der Waals surface area contributed by atoms with Gasteiger partial charge in [-0.15, -0.1) is 0 Å². The van der Waals surface area contributed by atoms with Crippen molar-refractivity contribution in [2.75, 3.05) is 19.7 Å². The number of ether oxygens (including phenoxy) is 1. The zero-order valence-corrected chi connectivity index (χ0v) is 15.7. The van der Waals surface area contributed by atoms with Crippen molar-refractivity contribution >= 4 is 16.7 Å². The molecule has 0 bridgehead atoms. The number of esters is 1. The van der Waals surface area contributed by atoms with Gasteiger partial charge in [0.2, 0.25) is 0 Å². The Hall–Kier alpha value is -1.91. The molecule has 2 aromatic carbocycles. The first-order chi connectivity index (χ1) is 12.7. The van der Waals surface area contributed by atoms with Crippen LogP contribution in [-0.2, 0) is 11.2 Å². The zero-order chi connectivity index (χ0) is 18.4. The average Bonchev–Trinajstić information content (AvgIpc) is 2.66. The van der Waals surface area contributed by atoms with Gasteiger partial charge in [0.25, 0.3) is 0 Å². The molecule has 0 aromatic heterocycles. The second-order valence-corrected chi connectivity index (χ2v) is 7.32. The molecule has 0 amide bonds. The zero-order valence-electron chi connectivity index (χ0n) is 15.7. The molecular formula is C22H30N2O2. The Morgan fingerprint density at radius 2 is 1.96 bits per heavy atom. The summed E-state index contributed by atoms with van der Waals surface area (Å²) in [5.41, 5.74) is 7.81. The molecule has 4 nitrogen and oxygen atoms in total. The van der Waals surface area contributed by atoms with Crippen molar-refractivity contribution in [2.45, 2.75) is 45.1 Å². The summed E-state index contributed by atoms with van der Waals surface area (Å²) in [7, 11) is 0. The maximum atomic E-state index is 12.3. The lowest BCUT2D eigenvalue weighted by Crippen LogP contribution is -2.32. The second kappa shape index (κ2) is 9.15. The lowest BCUT2D eigenvalue weighted by molar-refractivity contribution is 0.0528. The van der Waals surface area contributed by atoms with Gasteiger partial charge in [0.05, 0.1) is 12.2 Å². The molecule has 1 saturated carbocycles. The van der Waals surface area contributed by atoms with E-state index in [0.29, 0.717) is 18.2 Å². The van der Waals surface area contributed by atoms with Crippen LogP contribution < -0.4 is 11.1 Å². The minimum absolute atomic E-state index is 0.239. The summed E-state index contributed by atoms with van der Waals surface area (Å²) in [6.45, 7) is 4.21. The number of benzene rings is 2. The Kier molecular flexibility index (Phi) is 6.64. The minimum atomic E-state index is -0.239. The molecule has 0 spiro atoms. The van der Waals surface area contributed by atoms with Crippen molar-refractivity contribution < 1.29 is 9.53 Å². The van der Waals surface area contributed by atoms with Gasteiger partial charge in [-0.25, -0.2) is 4.79 Å². The summed E-state index contributed by atoms with van der Waals surface area (Å²) in [6, 6.07) is 12.6. The smallest absolute Gasteiger partial charge is 0.338 e. The van der Waals surface area contributed by atoms with Crippen molar-refractivity contribution in [3.63, 3.8) is 0 Å². The van der Waals surface area contributed by atoms with E-state index in [-0.39, 0.29) is 5.97 Å². The highest BCUT2D eigenvalue weighted by molar-refractivity contribution is 6.04. The first-order valence-corrected chi connectivity index (χ1v) is 9.82. The predicted octanol–water partition coefficient (Wildman–Crippen LogP) is 3.67. The number of nitrogens with one attached hydrogen (secondary N) is 1. The molecule has 1 fully saturated rings. The first-order valence-electron chi connectivity index (χ1n) is 9.82. The van der Waals surface area contributed by atoms with Crippen LogP contribution in [0.15, 0.2) is 36.4 Å². The molecule has 2 aromatic rings. The molecule has 0 radical (unpaired) electrons. The topological polar surface area (TPSA) is 64.3 Å². The lowest BCUT2D eigenvalue weighted by atomic mass is 9.86. The highest BCUT2D eigenvalue weighted by Gasteiger charge is 2.18. The maximum Gasteiger partial charge on any atom is 0.338 e. The summed E-state index contributed by atoms with van der Waals surface area (Å²) in [5, 5.41) is 5.63. The molecule has 1 aliphatic rings. The van der Waals surface area contributed by atoms with E-state index in [1.807, 2.05) is 31.2 Å². The van der Waals surface area contributed by atoms with Crippen molar-refractivity contribution in [3.05, 3.63) is 47.5 Å². The van der Waals surface area contributed by atoms with Crippen molar-refractivity contribution in [3.8, 4) is 0 Å². The van der Waals surface area contributed by atoms with Gasteiger partial charge in [-0.05, 0) is 80.4 Å². The lowest BCUT2D eigenvalue weighted by Gasteiger charge is -2.26. The highest BCUT2D eigenvalue weighted by atomic mass is 16.5. The van der Waals surface area contributed by atoms with Crippen LogP contribution >= 0.6 is 0 Å². The first kappa shape index (κ1) is 18.9. The molecule has 3 N–H and O–H groups in total. The number of rotatable bonds is 7. The van der Waals surface area contributed by atoms with Crippen LogP contribution in [-0.4, -0.2) is 31.7 Å². The van der Waals surface area contributed by atoms with Crippen LogP contribution in [0.5, 0.6) is 0 Å². The Labute approximate surface area is 156 Å². The number of hydrogen-bond acceptors (Lipinski definition) is 4. The third-order valence-electron chi connectivity index (χ3n) is 5.33. The van der Waals surface area contributed by atoms with Gasteiger partial charge < -0.3 is 15.8 Å². The number of carbonyl (C=O) groups is 1. The molecule has 0 heterocycles. The van der Waals surface area contributed by atoms with E-state index >= 15 is 0 Å². The van der Waals surface area contributed by atoms with Crippen LogP contribution in [0.2, 0.25) is 0 Å². The molecule has 26 heavy (non-hydrogen) atoms. The third kappa shape index (κ3) is 4.83. The van der Waals surface area contributed by atoms with Crippen LogP contribution in [0.1, 0.15) is 48.5 Å². The van der Waals surface area contributed by atoms with E-state index in [9.17, 15) is 4.79 Å². The molecule has 0 saturated heterocycles. The van der Waals surface area contributed by atoms with Crippen molar-refractivity contribution in [1.29, 1.82) is 0 Å². The SMILES string of the molecule is CCOC(=O)c1cc(CCNCC2CCC(N)CC2)cc2ccccc12. The van der Waals surface area contributed by atoms with Crippen LogP contribution in [0.25, 0.3) is 10.8 Å². The van der Waals surface area contributed by atoms with E-state index in [2.05, 4.69) is 17.4 Å². The largest absolute Gasteiger partial charge is 0.462 e. The van der Waals surface area contributed by atoms with Crippen LogP contribution in [0.3, 0.4) is 0 Å². The molecule has 0 atom stereocenters. The number of hydrogen-bond donors (Lipinski definition) is 2. The molecular weight excluding hydrogens is 324 g/mol. The van der Waals surface area contributed by atoms with Gasteiger partial charge in [-0.1, -0.05) is 30.3 Å². The van der Waals surface area contributed by atoms with Gasteiger partial charge in [0, 0.05) is 6.04 Å². The fourth-order valence-corrected chi connectivity index (χ4v) is 3.83. The van der Waals surface area contributed by atoms with Gasteiger partial charge in [0.1, 0.15) is 0 Å². The fraction of sp³-hybridized carbons (Fsp3) is 0.500. The second-order valence-electron chi connectivity index (χ2n) is 7.32. The average molecular weight is 354 g/mol. The maximum absolute atomic E-state index is 12.3. The number of nitrogens with two attached hydrogens (primary N) is 1. The van der Waals surface area contributed by atoms with E-state index in [1.54, 1.807) is 0 Å². The molecule has 1 aliphatic carbocycles. The predicted molar refractivity (Wildman–Crippen MR) is 106 cm³/mol. The van der Waals surface area contributed by atoms with Gasteiger partial charge in [0.15, 0.2) is 0 Å². The summed E-state index contributed by atoms with van der Waals surface area (Å²) in [4.78, 5) is 12.3. The molecule has 0 aliphatic heterocycles. The van der Waals surface area contributed by atoms with E-state index < -0.39 is 0 Å². The normalized spacial score (nSPS) is 20.2. The van der Waals surface area contributed by atoms with Crippen LogP contribution in [0.4, 0.5) is 0 Å². The standard InChI is InChI=1S/C22H30N2O2/c1-2-26-22(25)21-14-17(13-18-5-3-4-6-20(18)21)11-12-24-15-16-7-9-19(23)10-8-16/h3-6,13-14,16,19,24H,2,7-12,15,23H2,1H3. The van der Waals surface area contributed by atoms with Gasteiger partial charge in [-0.3, -0.25) is 0 Å². The third-order valence-corrected chi connectivity index (χ3v) is 5.33. The van der Waals surface area contributed by atoms with Crippen molar-refractivity contribution in [2.24, 2.45) is 11.7 Å². The molecule has 140 valence electrons. The van der Waals surface area contributed by atoms with Gasteiger partial charge in [-0.2, -0.15) is 0 Å². The van der Waals surface area contributed by atoms with E-state index in [0.717, 1.165) is 49.0 Å². The minimum Gasteiger partial charge on any atom is -0.462 e. The number of carbonyl (C=O) groups excluding carboxylic acids is 1. The Morgan fingerprint density at radius 3 is 2.73 bits per heavy atom. The van der Waals surface area contributed by atoms with E-state index in [4.69, 9.17) is 10.5 Å². The quantitative estimate of drug-likeness (QED) is 0.588. The Bertz CT molecular complexity index is 736. The Morgan fingerprint density at radius 1 is 1.19 bits per heavy atom. The van der Waals surface area contributed by atoms with Crippen LogP contribution in [0, 0.1) is 5.92 Å².